The highest BCUT2D eigenvalue weighted by Crippen LogP contribution is 2.32. The molecular formula is C8H7BrO3S. The molecule has 0 spiro atoms. The van der Waals surface area contributed by atoms with Crippen LogP contribution >= 0.6 is 28.6 Å². The quantitative estimate of drug-likeness (QED) is 0.805. The van der Waals surface area contributed by atoms with Crippen molar-refractivity contribution in [1.29, 1.82) is 0 Å². The Bertz CT molecular complexity index is 328. The van der Waals surface area contributed by atoms with Crippen LogP contribution in [0.2, 0.25) is 0 Å². The van der Waals surface area contributed by atoms with Crippen molar-refractivity contribution in [3.8, 4) is 5.75 Å². The van der Waals surface area contributed by atoms with Gasteiger partial charge in [0.05, 0.1) is 17.1 Å². The van der Waals surface area contributed by atoms with Gasteiger partial charge in [0.1, 0.15) is 5.75 Å². The molecule has 0 saturated heterocycles. The second kappa shape index (κ2) is 4.02. The minimum absolute atomic E-state index is 0.178. The van der Waals surface area contributed by atoms with Crippen molar-refractivity contribution in [2.45, 2.75) is 4.90 Å². The molecule has 0 aliphatic carbocycles. The minimum atomic E-state index is -0.987. The van der Waals surface area contributed by atoms with Crippen LogP contribution in [0.1, 0.15) is 10.4 Å². The largest absolute Gasteiger partial charge is 0.494 e. The topological polar surface area (TPSA) is 46.5 Å². The van der Waals surface area contributed by atoms with Gasteiger partial charge >= 0.3 is 5.97 Å². The third kappa shape index (κ3) is 2.16. The molecular weight excluding hydrogens is 256 g/mol. The van der Waals surface area contributed by atoms with E-state index in [0.717, 1.165) is 0 Å². The molecule has 0 atom stereocenters. The molecule has 0 radical (unpaired) electrons. The van der Waals surface area contributed by atoms with Crippen LogP contribution in [0.5, 0.6) is 5.75 Å². The molecule has 1 aromatic rings. The Morgan fingerprint density at radius 2 is 2.23 bits per heavy atom. The zero-order valence-corrected chi connectivity index (χ0v) is 9.22. The number of rotatable bonds is 2. The van der Waals surface area contributed by atoms with Crippen molar-refractivity contribution < 1.29 is 14.6 Å². The van der Waals surface area contributed by atoms with Crippen LogP contribution in [0.25, 0.3) is 0 Å². The molecule has 1 N–H and O–H groups in total. The first kappa shape index (κ1) is 10.4. The molecule has 0 unspecified atom stereocenters. The highest BCUT2D eigenvalue weighted by Gasteiger charge is 2.10. The van der Waals surface area contributed by atoms with Gasteiger partial charge in [-0.05, 0) is 28.1 Å². The molecule has 3 nitrogen and oxygen atoms in total. The lowest BCUT2D eigenvalue weighted by molar-refractivity contribution is 0.0696. The Kier molecular flexibility index (Phi) is 3.22. The predicted molar refractivity (Wildman–Crippen MR) is 54.9 cm³/mol. The van der Waals surface area contributed by atoms with Gasteiger partial charge in [-0.3, -0.25) is 0 Å². The summed E-state index contributed by atoms with van der Waals surface area (Å²) in [6.45, 7) is 0. The Hall–Kier alpha value is -0.680. The second-order valence-electron chi connectivity index (χ2n) is 2.32. The summed E-state index contributed by atoms with van der Waals surface area (Å²) in [6, 6.07) is 2.91. The number of methoxy groups -OCH3 is 1. The lowest BCUT2D eigenvalue weighted by Crippen LogP contribution is -1.97. The molecule has 0 heterocycles. The van der Waals surface area contributed by atoms with Crippen molar-refractivity contribution in [3.05, 3.63) is 22.2 Å². The predicted octanol–water partition coefficient (Wildman–Crippen LogP) is 2.44. The maximum absolute atomic E-state index is 10.6. The summed E-state index contributed by atoms with van der Waals surface area (Å²) in [5.41, 5.74) is 0.178. The van der Waals surface area contributed by atoms with Crippen LogP contribution in [0.15, 0.2) is 21.5 Å². The van der Waals surface area contributed by atoms with Crippen molar-refractivity contribution in [1.82, 2.24) is 0 Å². The van der Waals surface area contributed by atoms with Crippen molar-refractivity contribution >= 4 is 34.5 Å². The lowest BCUT2D eigenvalue weighted by atomic mass is 10.2. The molecule has 0 aromatic heterocycles. The summed E-state index contributed by atoms with van der Waals surface area (Å²) < 4.78 is 5.58. The van der Waals surface area contributed by atoms with E-state index < -0.39 is 5.97 Å². The van der Waals surface area contributed by atoms with Gasteiger partial charge in [0.15, 0.2) is 0 Å². The van der Waals surface area contributed by atoms with Gasteiger partial charge in [-0.1, -0.05) is 0 Å². The maximum atomic E-state index is 10.6. The Morgan fingerprint density at radius 1 is 1.62 bits per heavy atom. The van der Waals surface area contributed by atoms with E-state index in [2.05, 4.69) is 28.6 Å². The number of hydrogen-bond acceptors (Lipinski definition) is 3. The molecule has 70 valence electrons. The third-order valence-electron chi connectivity index (χ3n) is 1.48. The second-order valence-corrected chi connectivity index (χ2v) is 3.65. The van der Waals surface area contributed by atoms with Crippen LogP contribution in [0.4, 0.5) is 0 Å². The van der Waals surface area contributed by atoms with E-state index in [1.54, 1.807) is 0 Å². The smallest absolute Gasteiger partial charge is 0.335 e. The fourth-order valence-electron chi connectivity index (χ4n) is 0.904. The number of carboxylic acids is 1. The molecule has 0 fully saturated rings. The molecule has 1 rings (SSSR count). The molecule has 1 aromatic carbocycles. The molecule has 0 bridgehead atoms. The molecule has 0 amide bonds. The number of halogens is 1. The summed E-state index contributed by atoms with van der Waals surface area (Å²) in [4.78, 5) is 11.1. The van der Waals surface area contributed by atoms with Gasteiger partial charge < -0.3 is 9.84 Å². The van der Waals surface area contributed by atoms with Gasteiger partial charge in [0, 0.05) is 4.90 Å². The fraction of sp³-hybridized carbons (Fsp3) is 0.125. The van der Waals surface area contributed by atoms with Crippen molar-refractivity contribution in [3.63, 3.8) is 0 Å². The summed E-state index contributed by atoms with van der Waals surface area (Å²) in [6.07, 6.45) is 0. The molecule has 0 saturated carbocycles. The number of hydrogen-bond donors (Lipinski definition) is 2. The first-order chi connectivity index (χ1) is 6.06. The molecule has 13 heavy (non-hydrogen) atoms. The lowest BCUT2D eigenvalue weighted by Gasteiger charge is -2.06. The van der Waals surface area contributed by atoms with Crippen LogP contribution in [0.3, 0.4) is 0 Å². The van der Waals surface area contributed by atoms with E-state index in [9.17, 15) is 4.79 Å². The summed E-state index contributed by atoms with van der Waals surface area (Å²) >= 11 is 7.28. The Labute approximate surface area is 89.3 Å². The number of ether oxygens (including phenoxy) is 1. The zero-order chi connectivity index (χ0) is 10.0. The highest BCUT2D eigenvalue weighted by atomic mass is 79.9. The van der Waals surface area contributed by atoms with Gasteiger partial charge in [-0.2, -0.15) is 0 Å². The van der Waals surface area contributed by atoms with Crippen molar-refractivity contribution in [2.75, 3.05) is 7.11 Å². The molecule has 0 aliphatic heterocycles. The Balaban J connectivity index is 3.28. The van der Waals surface area contributed by atoms with E-state index in [4.69, 9.17) is 9.84 Å². The van der Waals surface area contributed by atoms with Gasteiger partial charge in [-0.15, -0.1) is 12.6 Å². The first-order valence-corrected chi connectivity index (χ1v) is 4.60. The summed E-state index contributed by atoms with van der Waals surface area (Å²) in [5, 5.41) is 8.70. The van der Waals surface area contributed by atoms with E-state index in [1.807, 2.05) is 0 Å². The summed E-state index contributed by atoms with van der Waals surface area (Å²) in [7, 11) is 1.50. The fourth-order valence-corrected chi connectivity index (χ4v) is 2.03. The third-order valence-corrected chi connectivity index (χ3v) is 2.40. The minimum Gasteiger partial charge on any atom is -0.494 e. The molecule has 0 aliphatic rings. The van der Waals surface area contributed by atoms with Crippen LogP contribution in [0, 0.1) is 0 Å². The van der Waals surface area contributed by atoms with Crippen LogP contribution < -0.4 is 4.74 Å². The van der Waals surface area contributed by atoms with Crippen LogP contribution in [-0.2, 0) is 0 Å². The van der Waals surface area contributed by atoms with Crippen molar-refractivity contribution in [2.24, 2.45) is 0 Å². The van der Waals surface area contributed by atoms with Gasteiger partial charge in [-0.25, -0.2) is 4.79 Å². The zero-order valence-electron chi connectivity index (χ0n) is 6.74. The Morgan fingerprint density at radius 3 is 2.62 bits per heavy atom. The maximum Gasteiger partial charge on any atom is 0.335 e. The number of carboxylic acid groups (broad SMARTS) is 1. The van der Waals surface area contributed by atoms with E-state index in [1.165, 1.54) is 19.2 Å². The number of thiol groups is 1. The SMILES string of the molecule is COc1c(S)cc(C(=O)O)cc1Br. The number of aromatic carboxylic acids is 1. The average molecular weight is 263 g/mol. The first-order valence-electron chi connectivity index (χ1n) is 3.36. The van der Waals surface area contributed by atoms with E-state index in [-0.39, 0.29) is 5.56 Å². The summed E-state index contributed by atoms with van der Waals surface area (Å²) in [5.74, 6) is -0.452. The van der Waals surface area contributed by atoms with Gasteiger partial charge in [0.25, 0.3) is 0 Å². The average Bonchev–Trinajstić information content (AvgIpc) is 2.03. The van der Waals surface area contributed by atoms with E-state index >= 15 is 0 Å². The van der Waals surface area contributed by atoms with E-state index in [0.29, 0.717) is 15.1 Å². The van der Waals surface area contributed by atoms with Crippen LogP contribution in [-0.4, -0.2) is 18.2 Å². The highest BCUT2D eigenvalue weighted by molar-refractivity contribution is 9.10. The number of benzene rings is 1. The molecule has 5 heteroatoms. The number of carbonyl (C=O) groups is 1. The monoisotopic (exact) mass is 262 g/mol. The normalized spacial score (nSPS) is 9.77. The van der Waals surface area contributed by atoms with Gasteiger partial charge in [0.2, 0.25) is 0 Å². The standard InChI is InChI=1S/C8H7BrO3S/c1-12-7-5(9)2-4(8(10)11)3-6(7)13/h2-3,13H,1H3,(H,10,11).